The molecule has 1 rings (SSSR count). The number of hydrogen-bond donors (Lipinski definition) is 3. The third-order valence-electron chi connectivity index (χ3n) is 1.19. The summed E-state index contributed by atoms with van der Waals surface area (Å²) in [6.07, 6.45) is 0. The number of hydrogen-bond acceptors (Lipinski definition) is 2. The molecule has 0 saturated carbocycles. The zero-order chi connectivity index (χ0) is 11.0. The van der Waals surface area contributed by atoms with Crippen molar-refractivity contribution in [2.45, 2.75) is 6.92 Å². The molecule has 5 heteroatoms. The molecule has 1 aromatic rings. The monoisotopic (exact) mass is 195 g/mol. The molecule has 0 aliphatic heterocycles. The van der Waals surface area contributed by atoms with E-state index >= 15 is 0 Å². The molecule has 5 N–H and O–H groups in total. The second kappa shape index (κ2) is 6.47. The number of primary amides is 2. The van der Waals surface area contributed by atoms with Crippen LogP contribution in [0.15, 0.2) is 30.3 Å². The molecule has 5 nitrogen and oxygen atoms in total. The average Bonchev–Trinajstić information content (AvgIpc) is 2.03. The number of imide groups is 1. The van der Waals surface area contributed by atoms with Crippen LogP contribution >= 0.6 is 0 Å². The maximum Gasteiger partial charge on any atom is 0.320 e. The van der Waals surface area contributed by atoms with Gasteiger partial charge in [-0.2, -0.15) is 0 Å². The van der Waals surface area contributed by atoms with Crippen molar-refractivity contribution in [3.63, 3.8) is 0 Å². The highest BCUT2D eigenvalue weighted by Crippen LogP contribution is 1.92. The van der Waals surface area contributed by atoms with Crippen LogP contribution in [0.5, 0.6) is 0 Å². The fraction of sp³-hybridized carbons (Fsp3) is 0.111. The van der Waals surface area contributed by atoms with Gasteiger partial charge in [0.2, 0.25) is 0 Å². The second-order valence-electron chi connectivity index (χ2n) is 2.51. The first-order valence-corrected chi connectivity index (χ1v) is 3.90. The van der Waals surface area contributed by atoms with Gasteiger partial charge in [0.05, 0.1) is 0 Å². The Balaban J connectivity index is 0.000000241. The third kappa shape index (κ3) is 8.06. The number of amides is 4. The van der Waals surface area contributed by atoms with Crippen molar-refractivity contribution in [2.75, 3.05) is 0 Å². The van der Waals surface area contributed by atoms with Crippen molar-refractivity contribution < 1.29 is 9.59 Å². The van der Waals surface area contributed by atoms with E-state index in [1.165, 1.54) is 5.56 Å². The van der Waals surface area contributed by atoms with Crippen LogP contribution in [-0.2, 0) is 0 Å². The van der Waals surface area contributed by atoms with Gasteiger partial charge in [-0.1, -0.05) is 35.9 Å². The Hall–Kier alpha value is -2.04. The summed E-state index contributed by atoms with van der Waals surface area (Å²) in [6, 6.07) is 8.39. The lowest BCUT2D eigenvalue weighted by Gasteiger charge is -1.88. The molecule has 0 unspecified atom stereocenters. The summed E-state index contributed by atoms with van der Waals surface area (Å²) in [5, 5.41) is 1.58. The average molecular weight is 195 g/mol. The molecule has 0 fully saturated rings. The third-order valence-corrected chi connectivity index (χ3v) is 1.19. The van der Waals surface area contributed by atoms with E-state index in [9.17, 15) is 9.59 Å². The molecule has 0 atom stereocenters. The van der Waals surface area contributed by atoms with Crippen LogP contribution in [0.4, 0.5) is 9.59 Å². The van der Waals surface area contributed by atoms with Gasteiger partial charge in [-0.05, 0) is 6.92 Å². The molecule has 0 heterocycles. The van der Waals surface area contributed by atoms with Crippen molar-refractivity contribution in [1.82, 2.24) is 5.32 Å². The second-order valence-corrected chi connectivity index (χ2v) is 2.51. The molecule has 0 aliphatic carbocycles. The molecular formula is C9H13N3O2. The zero-order valence-electron chi connectivity index (χ0n) is 7.86. The maximum absolute atomic E-state index is 9.62. The minimum absolute atomic E-state index is 0.937. The normalized spacial score (nSPS) is 8.07. The van der Waals surface area contributed by atoms with Gasteiger partial charge in [0.25, 0.3) is 0 Å². The maximum atomic E-state index is 9.62. The van der Waals surface area contributed by atoms with Gasteiger partial charge in [-0.15, -0.1) is 0 Å². The minimum Gasteiger partial charge on any atom is -0.351 e. The van der Waals surface area contributed by atoms with Crippen LogP contribution in [-0.4, -0.2) is 12.1 Å². The first-order chi connectivity index (χ1) is 6.52. The predicted molar refractivity (Wildman–Crippen MR) is 53.5 cm³/mol. The van der Waals surface area contributed by atoms with E-state index in [0.717, 1.165) is 0 Å². The topological polar surface area (TPSA) is 98.2 Å². The molecule has 0 saturated heterocycles. The van der Waals surface area contributed by atoms with Gasteiger partial charge >= 0.3 is 12.1 Å². The summed E-state index contributed by atoms with van der Waals surface area (Å²) >= 11 is 0. The molecule has 0 aromatic heterocycles. The first kappa shape index (κ1) is 12.0. The lowest BCUT2D eigenvalue weighted by Crippen LogP contribution is -2.38. The van der Waals surface area contributed by atoms with Crippen molar-refractivity contribution in [1.29, 1.82) is 0 Å². The Kier molecular flexibility index (Phi) is 5.53. The Morgan fingerprint density at radius 1 is 1.07 bits per heavy atom. The summed E-state index contributed by atoms with van der Waals surface area (Å²) in [5.41, 5.74) is 10.2. The van der Waals surface area contributed by atoms with E-state index in [1.807, 2.05) is 18.2 Å². The molecule has 0 bridgehead atoms. The lowest BCUT2D eigenvalue weighted by molar-refractivity contribution is 0.236. The summed E-state index contributed by atoms with van der Waals surface area (Å²) in [6.45, 7) is 2.08. The van der Waals surface area contributed by atoms with E-state index in [4.69, 9.17) is 0 Å². The van der Waals surface area contributed by atoms with Crippen molar-refractivity contribution in [3.05, 3.63) is 35.9 Å². The molecule has 4 amide bonds. The number of nitrogens with two attached hydrogens (primary N) is 2. The first-order valence-electron chi connectivity index (χ1n) is 3.90. The van der Waals surface area contributed by atoms with E-state index in [0.29, 0.717) is 0 Å². The summed E-state index contributed by atoms with van der Waals surface area (Å²) in [7, 11) is 0. The number of carbonyl (C=O) groups is 2. The summed E-state index contributed by atoms with van der Waals surface area (Å²) < 4.78 is 0. The SMILES string of the molecule is Cc1ccccc1.NC(=O)NC(N)=O. The molecule has 0 aliphatic rings. The number of benzene rings is 1. The van der Waals surface area contributed by atoms with Crippen molar-refractivity contribution in [3.8, 4) is 0 Å². The van der Waals surface area contributed by atoms with E-state index in [2.05, 4.69) is 30.5 Å². The van der Waals surface area contributed by atoms with E-state index in [-0.39, 0.29) is 0 Å². The molecule has 76 valence electrons. The fourth-order valence-electron chi connectivity index (χ4n) is 0.656. The van der Waals surface area contributed by atoms with Gasteiger partial charge in [-0.3, -0.25) is 5.32 Å². The highest BCUT2D eigenvalue weighted by Gasteiger charge is 1.92. The smallest absolute Gasteiger partial charge is 0.320 e. The number of aryl methyl sites for hydroxylation is 1. The quantitative estimate of drug-likeness (QED) is 0.568. The van der Waals surface area contributed by atoms with Crippen LogP contribution < -0.4 is 16.8 Å². The molecular weight excluding hydrogens is 182 g/mol. The van der Waals surface area contributed by atoms with Crippen LogP contribution in [0.1, 0.15) is 5.56 Å². The Bertz CT molecular complexity index is 286. The zero-order valence-corrected chi connectivity index (χ0v) is 7.86. The number of nitrogens with one attached hydrogen (secondary N) is 1. The molecule has 0 spiro atoms. The number of rotatable bonds is 0. The molecule has 0 radical (unpaired) electrons. The summed E-state index contributed by atoms with van der Waals surface area (Å²) in [4.78, 5) is 19.2. The van der Waals surface area contributed by atoms with E-state index < -0.39 is 12.1 Å². The van der Waals surface area contributed by atoms with Crippen LogP contribution in [0.2, 0.25) is 0 Å². The van der Waals surface area contributed by atoms with Crippen LogP contribution in [0.3, 0.4) is 0 Å². The fourth-order valence-corrected chi connectivity index (χ4v) is 0.656. The largest absolute Gasteiger partial charge is 0.351 e. The highest BCUT2D eigenvalue weighted by molar-refractivity contribution is 5.91. The number of urea groups is 2. The van der Waals surface area contributed by atoms with E-state index in [1.54, 1.807) is 5.32 Å². The predicted octanol–water partition coefficient (Wildman–Crippen LogP) is 0.728. The van der Waals surface area contributed by atoms with Crippen LogP contribution in [0, 0.1) is 6.92 Å². The lowest BCUT2D eigenvalue weighted by atomic mass is 10.2. The van der Waals surface area contributed by atoms with Gasteiger partial charge < -0.3 is 11.5 Å². The van der Waals surface area contributed by atoms with Crippen LogP contribution in [0.25, 0.3) is 0 Å². The standard InChI is InChI=1S/C7H8.C2H5N3O2/c1-7-5-3-2-4-6-7;3-1(6)5-2(4)7/h2-6H,1H3;(H5,3,4,5,6,7). The highest BCUT2D eigenvalue weighted by atomic mass is 16.2. The van der Waals surface area contributed by atoms with Gasteiger partial charge in [0.15, 0.2) is 0 Å². The Morgan fingerprint density at radius 3 is 1.64 bits per heavy atom. The number of carbonyl (C=O) groups excluding carboxylic acids is 2. The Labute approximate surface area is 82.1 Å². The van der Waals surface area contributed by atoms with Crippen molar-refractivity contribution >= 4 is 12.1 Å². The van der Waals surface area contributed by atoms with Crippen molar-refractivity contribution in [2.24, 2.45) is 11.5 Å². The summed E-state index contributed by atoms with van der Waals surface area (Å²) in [5.74, 6) is 0. The molecule has 1 aromatic carbocycles. The minimum atomic E-state index is -0.938. The van der Waals surface area contributed by atoms with Gasteiger partial charge in [-0.25, -0.2) is 9.59 Å². The van der Waals surface area contributed by atoms with Gasteiger partial charge in [0.1, 0.15) is 0 Å². The Morgan fingerprint density at radius 2 is 1.50 bits per heavy atom. The molecule has 14 heavy (non-hydrogen) atoms. The van der Waals surface area contributed by atoms with Gasteiger partial charge in [0, 0.05) is 0 Å².